The Morgan fingerprint density at radius 3 is 2.75 bits per heavy atom. The molecule has 1 aromatic heterocycles. The van der Waals surface area contributed by atoms with Gasteiger partial charge in [0.1, 0.15) is 11.5 Å². The van der Waals surface area contributed by atoms with E-state index in [-0.39, 0.29) is 5.02 Å². The van der Waals surface area contributed by atoms with Gasteiger partial charge in [0, 0.05) is 11.8 Å². The number of benzene rings is 1. The van der Waals surface area contributed by atoms with Gasteiger partial charge in [-0.3, -0.25) is 9.48 Å². The third kappa shape index (κ3) is 2.36. The van der Waals surface area contributed by atoms with Gasteiger partial charge < -0.3 is 0 Å². The molecule has 0 radical (unpaired) electrons. The molecule has 0 bridgehead atoms. The lowest BCUT2D eigenvalue weighted by Gasteiger charge is -2.08. The topological polar surface area (TPSA) is 34.9 Å². The minimum absolute atomic E-state index is 0.268. The van der Waals surface area contributed by atoms with Crippen molar-refractivity contribution in [2.45, 2.75) is 31.7 Å². The van der Waals surface area contributed by atoms with Crippen LogP contribution in [0.25, 0.3) is 11.3 Å². The van der Waals surface area contributed by atoms with Crippen LogP contribution < -0.4 is 0 Å². The Bertz CT molecular complexity index is 647. The van der Waals surface area contributed by atoms with Crippen LogP contribution in [0.3, 0.4) is 0 Å². The summed E-state index contributed by atoms with van der Waals surface area (Å²) in [6.07, 6.45) is 7.07. The van der Waals surface area contributed by atoms with Crippen LogP contribution in [0, 0.1) is 5.82 Å². The van der Waals surface area contributed by atoms with Gasteiger partial charge in [-0.25, -0.2) is 4.39 Å². The second-order valence-electron chi connectivity index (χ2n) is 5.09. The Morgan fingerprint density at radius 2 is 2.10 bits per heavy atom. The monoisotopic (exact) mass is 292 g/mol. The SMILES string of the molecule is O=Cc1cn(C2CCCC2)nc1-c1ccc(F)cc1Cl. The molecule has 1 aliphatic carbocycles. The Balaban J connectivity index is 2.05. The van der Waals surface area contributed by atoms with Gasteiger partial charge in [0.05, 0.1) is 16.6 Å². The quantitative estimate of drug-likeness (QED) is 0.792. The van der Waals surface area contributed by atoms with E-state index in [9.17, 15) is 9.18 Å². The zero-order valence-corrected chi connectivity index (χ0v) is 11.6. The lowest BCUT2D eigenvalue weighted by atomic mass is 10.1. The summed E-state index contributed by atoms with van der Waals surface area (Å²) in [5.74, 6) is -0.401. The van der Waals surface area contributed by atoms with Crippen molar-refractivity contribution in [1.82, 2.24) is 9.78 Å². The van der Waals surface area contributed by atoms with Gasteiger partial charge in [0.15, 0.2) is 6.29 Å². The summed E-state index contributed by atoms with van der Waals surface area (Å²) in [6, 6.07) is 4.47. The molecule has 3 rings (SSSR count). The minimum Gasteiger partial charge on any atom is -0.298 e. The van der Waals surface area contributed by atoms with Crippen LogP contribution in [-0.2, 0) is 0 Å². The summed E-state index contributed by atoms with van der Waals surface area (Å²) in [4.78, 5) is 11.2. The Labute approximate surface area is 121 Å². The van der Waals surface area contributed by atoms with E-state index >= 15 is 0 Å². The molecule has 1 saturated carbocycles. The van der Waals surface area contributed by atoms with Crippen molar-refractivity contribution in [3.05, 3.63) is 40.8 Å². The summed E-state index contributed by atoms with van der Waals surface area (Å²) in [5, 5.41) is 4.77. The maximum atomic E-state index is 13.1. The highest BCUT2D eigenvalue weighted by molar-refractivity contribution is 6.33. The molecule has 1 fully saturated rings. The average Bonchev–Trinajstić information content (AvgIpc) is 3.07. The van der Waals surface area contributed by atoms with E-state index in [1.165, 1.54) is 25.0 Å². The maximum Gasteiger partial charge on any atom is 0.153 e. The fraction of sp³-hybridized carbons (Fsp3) is 0.333. The Hall–Kier alpha value is -1.68. The maximum absolute atomic E-state index is 13.1. The van der Waals surface area contributed by atoms with Crippen molar-refractivity contribution >= 4 is 17.9 Å². The molecule has 3 nitrogen and oxygen atoms in total. The minimum atomic E-state index is -0.401. The van der Waals surface area contributed by atoms with Crippen molar-refractivity contribution in [2.24, 2.45) is 0 Å². The van der Waals surface area contributed by atoms with Crippen LogP contribution in [0.1, 0.15) is 42.1 Å². The summed E-state index contributed by atoms with van der Waals surface area (Å²) < 4.78 is 15.0. The lowest BCUT2D eigenvalue weighted by molar-refractivity contribution is 0.112. The van der Waals surface area contributed by atoms with Gasteiger partial charge in [-0.2, -0.15) is 5.10 Å². The van der Waals surface area contributed by atoms with E-state index in [4.69, 9.17) is 11.6 Å². The summed E-state index contributed by atoms with van der Waals surface area (Å²) in [7, 11) is 0. The van der Waals surface area contributed by atoms with Gasteiger partial charge in [0.2, 0.25) is 0 Å². The van der Waals surface area contributed by atoms with Gasteiger partial charge >= 0.3 is 0 Å². The molecule has 1 heterocycles. The molecular formula is C15H14ClFN2O. The molecule has 0 atom stereocenters. The number of carbonyl (C=O) groups is 1. The van der Waals surface area contributed by atoms with Gasteiger partial charge in [-0.1, -0.05) is 24.4 Å². The van der Waals surface area contributed by atoms with Crippen LogP contribution in [0.15, 0.2) is 24.4 Å². The molecule has 104 valence electrons. The van der Waals surface area contributed by atoms with E-state index in [1.807, 2.05) is 4.68 Å². The van der Waals surface area contributed by atoms with Crippen LogP contribution in [0.5, 0.6) is 0 Å². The predicted molar refractivity (Wildman–Crippen MR) is 75.5 cm³/mol. The molecule has 0 amide bonds. The summed E-state index contributed by atoms with van der Waals surface area (Å²) in [5.41, 5.74) is 1.61. The second-order valence-corrected chi connectivity index (χ2v) is 5.50. The number of rotatable bonds is 3. The normalized spacial score (nSPS) is 15.7. The van der Waals surface area contributed by atoms with Gasteiger partial charge in [0.25, 0.3) is 0 Å². The van der Waals surface area contributed by atoms with Crippen LogP contribution >= 0.6 is 11.6 Å². The lowest BCUT2D eigenvalue weighted by Crippen LogP contribution is -2.04. The smallest absolute Gasteiger partial charge is 0.153 e. The first-order valence-electron chi connectivity index (χ1n) is 6.69. The standard InChI is InChI=1S/C15H14ClFN2O/c16-14-7-11(17)5-6-13(14)15-10(9-20)8-19(18-15)12-3-1-2-4-12/h5-9,12H,1-4H2. The highest BCUT2D eigenvalue weighted by Crippen LogP contribution is 2.33. The number of hydrogen-bond acceptors (Lipinski definition) is 2. The van der Waals surface area contributed by atoms with E-state index < -0.39 is 5.82 Å². The predicted octanol–water partition coefficient (Wildman–Crippen LogP) is 4.27. The fourth-order valence-corrected chi connectivity index (χ4v) is 3.00. The molecule has 2 aromatic rings. The van der Waals surface area contributed by atoms with Crippen molar-refractivity contribution < 1.29 is 9.18 Å². The van der Waals surface area contributed by atoms with Crippen LogP contribution in [-0.4, -0.2) is 16.1 Å². The zero-order valence-electron chi connectivity index (χ0n) is 10.9. The van der Waals surface area contributed by atoms with Crippen LogP contribution in [0.4, 0.5) is 4.39 Å². The summed E-state index contributed by atoms with van der Waals surface area (Å²) in [6.45, 7) is 0. The third-order valence-electron chi connectivity index (χ3n) is 3.77. The molecule has 0 unspecified atom stereocenters. The molecule has 0 spiro atoms. The number of halogens is 2. The van der Waals surface area contributed by atoms with Gasteiger partial charge in [-0.15, -0.1) is 0 Å². The molecule has 1 aromatic carbocycles. The highest BCUT2D eigenvalue weighted by atomic mass is 35.5. The highest BCUT2D eigenvalue weighted by Gasteiger charge is 2.21. The van der Waals surface area contributed by atoms with Crippen molar-refractivity contribution in [3.63, 3.8) is 0 Å². The average molecular weight is 293 g/mol. The molecule has 20 heavy (non-hydrogen) atoms. The molecular weight excluding hydrogens is 279 g/mol. The van der Waals surface area contributed by atoms with Gasteiger partial charge in [-0.05, 0) is 31.0 Å². The molecule has 5 heteroatoms. The molecule has 0 N–H and O–H groups in total. The number of aldehydes is 1. The second kappa shape index (κ2) is 5.37. The molecule has 0 aliphatic heterocycles. The fourth-order valence-electron chi connectivity index (χ4n) is 2.74. The number of aromatic nitrogens is 2. The Morgan fingerprint density at radius 1 is 1.35 bits per heavy atom. The Kier molecular flexibility index (Phi) is 3.57. The number of hydrogen-bond donors (Lipinski definition) is 0. The van der Waals surface area contributed by atoms with E-state index in [1.54, 1.807) is 12.3 Å². The van der Waals surface area contributed by atoms with Crippen molar-refractivity contribution in [2.75, 3.05) is 0 Å². The van der Waals surface area contributed by atoms with E-state index in [2.05, 4.69) is 5.10 Å². The third-order valence-corrected chi connectivity index (χ3v) is 4.09. The van der Waals surface area contributed by atoms with E-state index in [0.717, 1.165) is 19.1 Å². The van der Waals surface area contributed by atoms with Crippen molar-refractivity contribution in [1.29, 1.82) is 0 Å². The number of nitrogens with zero attached hydrogens (tertiary/aromatic N) is 2. The zero-order chi connectivity index (χ0) is 14.1. The largest absolute Gasteiger partial charge is 0.298 e. The van der Waals surface area contributed by atoms with Crippen LogP contribution in [0.2, 0.25) is 5.02 Å². The summed E-state index contributed by atoms with van der Waals surface area (Å²) >= 11 is 6.06. The molecule has 0 saturated heterocycles. The number of carbonyl (C=O) groups excluding carboxylic acids is 1. The first-order chi connectivity index (χ1) is 9.69. The van der Waals surface area contributed by atoms with Crippen molar-refractivity contribution in [3.8, 4) is 11.3 Å². The first kappa shape index (κ1) is 13.3. The van der Waals surface area contributed by atoms with E-state index in [0.29, 0.717) is 22.9 Å². The molecule has 1 aliphatic rings. The first-order valence-corrected chi connectivity index (χ1v) is 7.06.